The van der Waals surface area contributed by atoms with Gasteiger partial charge in [0.25, 0.3) is 0 Å². The zero-order valence-electron chi connectivity index (χ0n) is 11.2. The summed E-state index contributed by atoms with van der Waals surface area (Å²) in [5.74, 6) is 0.736. The Hall–Kier alpha value is -2.55. The van der Waals surface area contributed by atoms with Gasteiger partial charge in [-0.3, -0.25) is 4.79 Å². The van der Waals surface area contributed by atoms with E-state index in [0.717, 1.165) is 29.0 Å². The monoisotopic (exact) mass is 265 g/mol. The fourth-order valence-corrected chi connectivity index (χ4v) is 2.31. The van der Waals surface area contributed by atoms with Crippen LogP contribution in [0.1, 0.15) is 12.1 Å². The van der Waals surface area contributed by atoms with Crippen LogP contribution in [0.15, 0.2) is 59.4 Å². The molecule has 1 aromatic heterocycles. The lowest BCUT2D eigenvalue weighted by Crippen LogP contribution is -2.05. The Labute approximate surface area is 116 Å². The molecule has 0 unspecified atom stereocenters. The average molecular weight is 265 g/mol. The molecule has 2 aromatic rings. The molecule has 3 nitrogen and oxygen atoms in total. The van der Waals surface area contributed by atoms with E-state index in [1.165, 1.54) is 0 Å². The van der Waals surface area contributed by atoms with Gasteiger partial charge in [0.05, 0.1) is 12.6 Å². The highest BCUT2D eigenvalue weighted by molar-refractivity contribution is 5.82. The summed E-state index contributed by atoms with van der Waals surface area (Å²) >= 11 is 0. The van der Waals surface area contributed by atoms with Gasteiger partial charge in [0, 0.05) is 23.2 Å². The second kappa shape index (κ2) is 5.21. The molecule has 100 valence electrons. The third-order valence-electron chi connectivity index (χ3n) is 3.38. The van der Waals surface area contributed by atoms with Gasteiger partial charge in [0.2, 0.25) is 0 Å². The number of H-pyrrole nitrogens is 1. The van der Waals surface area contributed by atoms with Crippen LogP contribution >= 0.6 is 0 Å². The van der Waals surface area contributed by atoms with Gasteiger partial charge in [-0.1, -0.05) is 30.4 Å². The summed E-state index contributed by atoms with van der Waals surface area (Å²) in [7, 11) is 1.62. The molecule has 0 atom stereocenters. The van der Waals surface area contributed by atoms with Gasteiger partial charge in [-0.2, -0.15) is 0 Å². The van der Waals surface area contributed by atoms with E-state index in [1.54, 1.807) is 25.3 Å². The molecule has 0 spiro atoms. The predicted molar refractivity (Wildman–Crippen MR) is 82.0 cm³/mol. The van der Waals surface area contributed by atoms with Crippen LogP contribution in [0.4, 0.5) is 0 Å². The van der Waals surface area contributed by atoms with Gasteiger partial charge >= 0.3 is 0 Å². The van der Waals surface area contributed by atoms with E-state index in [0.29, 0.717) is 5.39 Å². The van der Waals surface area contributed by atoms with E-state index in [-0.39, 0.29) is 5.43 Å². The average Bonchev–Trinajstić information content (AvgIpc) is 2.75. The molecule has 1 N–H and O–H groups in total. The van der Waals surface area contributed by atoms with Gasteiger partial charge in [-0.05, 0) is 24.1 Å². The summed E-state index contributed by atoms with van der Waals surface area (Å²) in [4.78, 5) is 15.5. The predicted octanol–water partition coefficient (Wildman–Crippen LogP) is 3.44. The molecule has 3 rings (SSSR count). The first-order chi connectivity index (χ1) is 9.78. The number of ether oxygens (including phenoxy) is 1. The summed E-state index contributed by atoms with van der Waals surface area (Å²) in [5, 5.41) is 0.676. The zero-order valence-corrected chi connectivity index (χ0v) is 11.2. The van der Waals surface area contributed by atoms with Crippen LogP contribution < -0.4 is 10.2 Å². The molecular formula is C17H15NO2. The molecule has 0 radical (unpaired) electrons. The number of methoxy groups -OCH3 is 1. The summed E-state index contributed by atoms with van der Waals surface area (Å²) in [6.45, 7) is 0. The zero-order chi connectivity index (χ0) is 13.9. The van der Waals surface area contributed by atoms with E-state index in [9.17, 15) is 4.79 Å². The lowest BCUT2D eigenvalue weighted by Gasteiger charge is -2.08. The molecule has 1 heterocycles. The Kier molecular flexibility index (Phi) is 3.25. The molecular weight excluding hydrogens is 250 g/mol. The van der Waals surface area contributed by atoms with E-state index < -0.39 is 0 Å². The quantitative estimate of drug-likeness (QED) is 0.903. The minimum absolute atomic E-state index is 0.0227. The van der Waals surface area contributed by atoms with Crippen LogP contribution in [0.25, 0.3) is 16.5 Å². The number of nitrogens with one attached hydrogen (secondary N) is 1. The minimum atomic E-state index is 0.0227. The first-order valence-corrected chi connectivity index (χ1v) is 6.52. The first-order valence-electron chi connectivity index (χ1n) is 6.52. The highest BCUT2D eigenvalue weighted by Crippen LogP contribution is 2.22. The van der Waals surface area contributed by atoms with Crippen LogP contribution in [0.3, 0.4) is 0 Å². The third-order valence-corrected chi connectivity index (χ3v) is 3.38. The summed E-state index contributed by atoms with van der Waals surface area (Å²) in [6.07, 6.45) is 10.9. The fourth-order valence-electron chi connectivity index (χ4n) is 2.31. The lowest BCUT2D eigenvalue weighted by atomic mass is 10.1. The van der Waals surface area contributed by atoms with Crippen LogP contribution in [-0.2, 0) is 0 Å². The third kappa shape index (κ3) is 2.30. The van der Waals surface area contributed by atoms with Crippen LogP contribution in [0.2, 0.25) is 0 Å². The van der Waals surface area contributed by atoms with Gasteiger partial charge < -0.3 is 9.72 Å². The van der Waals surface area contributed by atoms with Crippen molar-refractivity contribution in [3.05, 3.63) is 70.6 Å². The highest BCUT2D eigenvalue weighted by atomic mass is 16.5. The lowest BCUT2D eigenvalue weighted by molar-refractivity contribution is 0.415. The maximum atomic E-state index is 12.2. The number of fused-ring (bicyclic) bond motifs is 1. The summed E-state index contributed by atoms with van der Waals surface area (Å²) in [5.41, 5.74) is 2.77. The van der Waals surface area contributed by atoms with Crippen molar-refractivity contribution in [1.29, 1.82) is 0 Å². The van der Waals surface area contributed by atoms with Gasteiger partial charge in [-0.25, -0.2) is 0 Å². The first kappa shape index (κ1) is 12.5. The Balaban J connectivity index is 2.17. The number of benzene rings is 1. The smallest absolute Gasteiger partial charge is 0.190 e. The Morgan fingerprint density at radius 3 is 2.90 bits per heavy atom. The summed E-state index contributed by atoms with van der Waals surface area (Å²) in [6, 6.07) is 7.10. The topological polar surface area (TPSA) is 42.1 Å². The van der Waals surface area contributed by atoms with Gasteiger partial charge in [0.1, 0.15) is 5.75 Å². The van der Waals surface area contributed by atoms with E-state index in [4.69, 9.17) is 4.74 Å². The minimum Gasteiger partial charge on any atom is -0.497 e. The molecule has 0 fully saturated rings. The van der Waals surface area contributed by atoms with Crippen molar-refractivity contribution in [2.24, 2.45) is 0 Å². The van der Waals surface area contributed by atoms with Crippen molar-refractivity contribution in [2.75, 3.05) is 7.11 Å². The van der Waals surface area contributed by atoms with Crippen molar-refractivity contribution >= 4 is 16.5 Å². The summed E-state index contributed by atoms with van der Waals surface area (Å²) < 4.78 is 5.21. The van der Waals surface area contributed by atoms with Crippen LogP contribution in [0, 0.1) is 0 Å². The molecule has 3 heteroatoms. The van der Waals surface area contributed by atoms with Gasteiger partial charge in [-0.15, -0.1) is 0 Å². The number of rotatable bonds is 2. The van der Waals surface area contributed by atoms with E-state index in [2.05, 4.69) is 11.1 Å². The molecule has 20 heavy (non-hydrogen) atoms. The SMILES string of the molecule is COc1ccc2c(=O)cc(C3=CC=CC=CC3)[nH]c2c1. The maximum Gasteiger partial charge on any atom is 0.190 e. The molecule has 1 aliphatic carbocycles. The number of hydrogen-bond acceptors (Lipinski definition) is 2. The number of aromatic nitrogens is 1. The molecule has 0 saturated carbocycles. The normalized spacial score (nSPS) is 14.2. The van der Waals surface area contributed by atoms with Crippen LogP contribution in [-0.4, -0.2) is 12.1 Å². The van der Waals surface area contributed by atoms with Crippen molar-refractivity contribution in [3.63, 3.8) is 0 Å². The van der Waals surface area contributed by atoms with Crippen molar-refractivity contribution in [1.82, 2.24) is 4.98 Å². The van der Waals surface area contributed by atoms with Crippen molar-refractivity contribution in [2.45, 2.75) is 6.42 Å². The van der Waals surface area contributed by atoms with Crippen molar-refractivity contribution in [3.8, 4) is 5.75 Å². The molecule has 1 aliphatic rings. The molecule has 0 amide bonds. The Morgan fingerprint density at radius 1 is 1.15 bits per heavy atom. The molecule has 0 aliphatic heterocycles. The number of allylic oxidation sites excluding steroid dienone is 6. The molecule has 1 aromatic carbocycles. The fraction of sp³-hybridized carbons (Fsp3) is 0.118. The molecule has 0 bridgehead atoms. The van der Waals surface area contributed by atoms with E-state index in [1.807, 2.05) is 30.4 Å². The second-order valence-corrected chi connectivity index (χ2v) is 4.67. The highest BCUT2D eigenvalue weighted by Gasteiger charge is 2.07. The molecule has 0 saturated heterocycles. The number of aromatic amines is 1. The van der Waals surface area contributed by atoms with E-state index >= 15 is 0 Å². The van der Waals surface area contributed by atoms with Gasteiger partial charge in [0.15, 0.2) is 5.43 Å². The standard InChI is InChI=1S/C17H15NO2/c1-20-13-8-9-14-16(10-13)18-15(11-17(14)19)12-6-4-2-3-5-7-12/h2-6,8-11H,7H2,1H3,(H,18,19). The number of pyridine rings is 1. The maximum absolute atomic E-state index is 12.2. The Morgan fingerprint density at radius 2 is 2.05 bits per heavy atom. The Bertz CT molecular complexity index is 794. The van der Waals surface area contributed by atoms with Crippen molar-refractivity contribution < 1.29 is 4.74 Å². The number of hydrogen-bond donors (Lipinski definition) is 1. The largest absolute Gasteiger partial charge is 0.497 e. The van der Waals surface area contributed by atoms with Crippen LogP contribution in [0.5, 0.6) is 5.75 Å². The second-order valence-electron chi connectivity index (χ2n) is 4.67.